The molecule has 1 aliphatic carbocycles. The first-order valence-electron chi connectivity index (χ1n) is 13.2. The second-order valence-electron chi connectivity index (χ2n) is 10.1. The summed E-state index contributed by atoms with van der Waals surface area (Å²) in [6.07, 6.45) is 7.96. The van der Waals surface area contributed by atoms with Crippen LogP contribution in [0.3, 0.4) is 0 Å². The third-order valence-corrected chi connectivity index (χ3v) is 8.56. The summed E-state index contributed by atoms with van der Waals surface area (Å²) >= 11 is 1.57. The van der Waals surface area contributed by atoms with Crippen LogP contribution in [-0.4, -0.2) is 50.5 Å². The van der Waals surface area contributed by atoms with Crippen molar-refractivity contribution in [3.63, 3.8) is 0 Å². The zero-order valence-electron chi connectivity index (χ0n) is 21.5. The van der Waals surface area contributed by atoms with Gasteiger partial charge in [-0.3, -0.25) is 24.5 Å². The van der Waals surface area contributed by atoms with Gasteiger partial charge in [-0.05, 0) is 54.7 Å². The lowest BCUT2D eigenvalue weighted by Gasteiger charge is -2.35. The van der Waals surface area contributed by atoms with Crippen LogP contribution >= 0.6 is 11.3 Å². The Morgan fingerprint density at radius 2 is 1.92 bits per heavy atom. The van der Waals surface area contributed by atoms with E-state index >= 15 is 0 Å². The largest absolute Gasteiger partial charge is 0.300 e. The van der Waals surface area contributed by atoms with E-state index in [4.69, 9.17) is 10.2 Å². The van der Waals surface area contributed by atoms with Crippen molar-refractivity contribution in [2.45, 2.75) is 44.7 Å². The average Bonchev–Trinajstić information content (AvgIpc) is 3.60. The number of aromatic nitrogens is 3. The summed E-state index contributed by atoms with van der Waals surface area (Å²) in [5.74, 6) is 0.194. The molecule has 1 amide bonds. The highest BCUT2D eigenvalue weighted by Gasteiger charge is 2.29. The lowest BCUT2D eigenvalue weighted by atomic mass is 9.94. The van der Waals surface area contributed by atoms with Gasteiger partial charge >= 0.3 is 0 Å². The van der Waals surface area contributed by atoms with Gasteiger partial charge in [-0.2, -0.15) is 10.4 Å². The average molecular weight is 537 g/mol. The standard InChI is InChI=1S/C30H28N6O2S/c31-16-20-4-6-22(7-5-20)24-17-32-36(19-24)18-21-2-1-3-23(14-21)29(38)34-30-33-27-9-8-25(15-28(27)39-30)35-12-10-26(37)11-13-35/h1-7,14,17,19,25H,8-13,15,18H2,(H,33,34,38). The van der Waals surface area contributed by atoms with Crippen molar-refractivity contribution in [1.82, 2.24) is 19.7 Å². The Labute approximate surface area is 230 Å². The number of piperidine rings is 1. The predicted molar refractivity (Wildman–Crippen MR) is 150 cm³/mol. The zero-order chi connectivity index (χ0) is 26.8. The van der Waals surface area contributed by atoms with E-state index in [1.807, 2.05) is 47.3 Å². The van der Waals surface area contributed by atoms with Crippen molar-refractivity contribution >= 4 is 28.2 Å². The predicted octanol–water partition coefficient (Wildman–Crippen LogP) is 4.70. The Balaban J connectivity index is 1.09. The lowest BCUT2D eigenvalue weighted by Crippen LogP contribution is -2.44. The zero-order valence-corrected chi connectivity index (χ0v) is 22.3. The van der Waals surface area contributed by atoms with Crippen LogP contribution in [0.1, 0.15) is 51.3 Å². The smallest absolute Gasteiger partial charge is 0.257 e. The molecule has 1 N–H and O–H groups in total. The molecule has 0 saturated carbocycles. The van der Waals surface area contributed by atoms with Gasteiger partial charge in [-0.1, -0.05) is 24.3 Å². The van der Waals surface area contributed by atoms with Crippen molar-refractivity contribution < 1.29 is 9.59 Å². The Morgan fingerprint density at radius 3 is 2.72 bits per heavy atom. The van der Waals surface area contributed by atoms with Crippen LogP contribution < -0.4 is 5.32 Å². The van der Waals surface area contributed by atoms with E-state index in [0.717, 1.165) is 54.7 Å². The second-order valence-corrected chi connectivity index (χ2v) is 11.2. The number of carbonyl (C=O) groups is 2. The highest BCUT2D eigenvalue weighted by molar-refractivity contribution is 7.15. The van der Waals surface area contributed by atoms with Crippen molar-refractivity contribution in [3.8, 4) is 17.2 Å². The molecule has 8 nitrogen and oxygen atoms in total. The summed E-state index contributed by atoms with van der Waals surface area (Å²) in [5.41, 5.74) is 5.23. The van der Waals surface area contributed by atoms with Crippen LogP contribution in [0.15, 0.2) is 60.9 Å². The van der Waals surface area contributed by atoms with Crippen molar-refractivity contribution in [3.05, 3.63) is 88.2 Å². The number of rotatable bonds is 6. The normalized spacial score (nSPS) is 17.4. The Morgan fingerprint density at radius 1 is 1.10 bits per heavy atom. The molecule has 39 heavy (non-hydrogen) atoms. The molecule has 2 aliphatic rings. The molecule has 1 aliphatic heterocycles. The van der Waals surface area contributed by atoms with E-state index in [9.17, 15) is 9.59 Å². The van der Waals surface area contributed by atoms with Crippen LogP contribution in [-0.2, 0) is 24.2 Å². The van der Waals surface area contributed by atoms with Crippen molar-refractivity contribution in [2.24, 2.45) is 0 Å². The van der Waals surface area contributed by atoms with Gasteiger partial charge in [-0.15, -0.1) is 11.3 Å². The van der Waals surface area contributed by atoms with E-state index in [1.165, 1.54) is 4.88 Å². The van der Waals surface area contributed by atoms with Crippen LogP contribution in [0.5, 0.6) is 0 Å². The quantitative estimate of drug-likeness (QED) is 0.383. The van der Waals surface area contributed by atoms with Gasteiger partial charge in [0.1, 0.15) is 5.78 Å². The number of nitrogens with zero attached hydrogens (tertiary/aromatic N) is 5. The maximum Gasteiger partial charge on any atom is 0.257 e. The number of hydrogen-bond donors (Lipinski definition) is 1. The highest BCUT2D eigenvalue weighted by atomic mass is 32.1. The molecule has 2 aromatic carbocycles. The van der Waals surface area contributed by atoms with Gasteiger partial charge in [0, 0.05) is 54.2 Å². The first kappa shape index (κ1) is 25.2. The number of thiazole rings is 1. The molecule has 1 fully saturated rings. The molecule has 3 heterocycles. The number of amides is 1. The molecule has 1 unspecified atom stereocenters. The van der Waals surface area contributed by atoms with Crippen LogP contribution in [0.25, 0.3) is 11.1 Å². The summed E-state index contributed by atoms with van der Waals surface area (Å²) in [5, 5.41) is 17.1. The summed E-state index contributed by atoms with van der Waals surface area (Å²) < 4.78 is 1.84. The third kappa shape index (κ3) is 5.67. The Kier molecular flexibility index (Phi) is 7.05. The molecule has 2 aromatic heterocycles. The highest BCUT2D eigenvalue weighted by Crippen LogP contribution is 2.32. The van der Waals surface area contributed by atoms with Crippen LogP contribution in [0.2, 0.25) is 0 Å². The topological polar surface area (TPSA) is 104 Å². The van der Waals surface area contributed by atoms with Gasteiger partial charge in [0.2, 0.25) is 0 Å². The minimum Gasteiger partial charge on any atom is -0.300 e. The van der Waals surface area contributed by atoms with Crippen molar-refractivity contribution in [2.75, 3.05) is 18.4 Å². The molecule has 9 heteroatoms. The number of Topliss-reactive ketones (excluding diaryl/α,β-unsaturated/α-hetero) is 1. The number of nitrogens with one attached hydrogen (secondary N) is 1. The van der Waals surface area contributed by atoms with E-state index < -0.39 is 0 Å². The fourth-order valence-electron chi connectivity index (χ4n) is 5.36. The lowest BCUT2D eigenvalue weighted by molar-refractivity contribution is -0.122. The van der Waals surface area contributed by atoms with Gasteiger partial charge in [0.15, 0.2) is 5.13 Å². The van der Waals surface area contributed by atoms with Gasteiger partial charge in [0.05, 0.1) is 30.1 Å². The molecule has 1 atom stereocenters. The first-order valence-corrected chi connectivity index (χ1v) is 14.0. The summed E-state index contributed by atoms with van der Waals surface area (Å²) in [4.78, 5) is 33.1. The summed E-state index contributed by atoms with van der Waals surface area (Å²) in [6, 6.07) is 17.6. The number of carbonyl (C=O) groups excluding carboxylic acids is 2. The molecular weight excluding hydrogens is 508 g/mol. The van der Waals surface area contributed by atoms with E-state index in [1.54, 1.807) is 29.7 Å². The number of ketones is 1. The maximum absolute atomic E-state index is 13.1. The van der Waals surface area contributed by atoms with E-state index in [0.29, 0.717) is 47.5 Å². The molecule has 196 valence electrons. The monoisotopic (exact) mass is 536 g/mol. The molecule has 0 radical (unpaired) electrons. The molecular formula is C30H28N6O2S. The van der Waals surface area contributed by atoms with Crippen LogP contribution in [0.4, 0.5) is 5.13 Å². The Hall–Kier alpha value is -4.13. The Bertz CT molecular complexity index is 1550. The minimum atomic E-state index is -0.173. The fraction of sp³-hybridized carbons (Fsp3) is 0.300. The van der Waals surface area contributed by atoms with Gasteiger partial charge in [0.25, 0.3) is 5.91 Å². The molecule has 0 spiro atoms. The van der Waals surface area contributed by atoms with E-state index in [-0.39, 0.29) is 5.91 Å². The SMILES string of the molecule is N#Cc1ccc(-c2cnn(Cc3cccc(C(=O)Nc4nc5c(s4)CC(N4CCC(=O)CC4)CC5)c3)c2)cc1. The summed E-state index contributed by atoms with van der Waals surface area (Å²) in [6.45, 7) is 2.24. The number of nitriles is 1. The summed E-state index contributed by atoms with van der Waals surface area (Å²) in [7, 11) is 0. The molecule has 0 bridgehead atoms. The van der Waals surface area contributed by atoms with Gasteiger partial charge in [-0.25, -0.2) is 4.98 Å². The minimum absolute atomic E-state index is 0.173. The fourth-order valence-corrected chi connectivity index (χ4v) is 6.44. The second kappa shape index (κ2) is 10.9. The van der Waals surface area contributed by atoms with E-state index in [2.05, 4.69) is 21.4 Å². The number of aryl methyl sites for hydroxylation is 1. The molecule has 4 aromatic rings. The number of hydrogen-bond acceptors (Lipinski definition) is 7. The maximum atomic E-state index is 13.1. The third-order valence-electron chi connectivity index (χ3n) is 7.52. The number of fused-ring (bicyclic) bond motifs is 1. The van der Waals surface area contributed by atoms with Crippen molar-refractivity contribution in [1.29, 1.82) is 5.26 Å². The number of likely N-dealkylation sites (tertiary alicyclic amines) is 1. The van der Waals surface area contributed by atoms with Crippen LogP contribution in [0, 0.1) is 11.3 Å². The number of benzene rings is 2. The molecule has 6 rings (SSSR count). The molecule has 1 saturated heterocycles. The van der Waals surface area contributed by atoms with Gasteiger partial charge < -0.3 is 0 Å². The number of anilines is 1. The first-order chi connectivity index (χ1) is 19.0.